The minimum Gasteiger partial charge on any atom is -0.495 e. The summed E-state index contributed by atoms with van der Waals surface area (Å²) in [5.41, 5.74) is 1.46. The molecule has 1 heterocycles. The smallest absolute Gasteiger partial charge is 0.227 e. The fraction of sp³-hybridized carbons (Fsp3) is 0.600. The molecule has 1 N–H and O–H groups in total. The van der Waals surface area contributed by atoms with Crippen LogP contribution >= 0.6 is 0 Å². The highest BCUT2D eigenvalue weighted by molar-refractivity contribution is 5.98. The van der Waals surface area contributed by atoms with Crippen LogP contribution < -0.4 is 15.0 Å². The lowest BCUT2D eigenvalue weighted by molar-refractivity contribution is -0.120. The lowest BCUT2D eigenvalue weighted by Crippen LogP contribution is -2.25. The molecule has 0 aromatic heterocycles. The molecule has 25 heavy (non-hydrogen) atoms. The Kier molecular flexibility index (Phi) is 5.61. The quantitative estimate of drug-likeness (QED) is 0.849. The molecule has 1 aliphatic heterocycles. The van der Waals surface area contributed by atoms with E-state index in [1.807, 2.05) is 25.1 Å². The largest absolute Gasteiger partial charge is 0.495 e. The zero-order valence-electron chi connectivity index (χ0n) is 15.2. The maximum Gasteiger partial charge on any atom is 0.227 e. The second-order valence-electron chi connectivity index (χ2n) is 7.31. The van der Waals surface area contributed by atoms with E-state index in [4.69, 9.17) is 4.74 Å². The number of amides is 2. The van der Waals surface area contributed by atoms with Gasteiger partial charge in [0.15, 0.2) is 0 Å². The number of rotatable bonds is 6. The number of ether oxygens (including phenoxy) is 1. The van der Waals surface area contributed by atoms with E-state index in [0.717, 1.165) is 24.2 Å². The molecule has 0 spiro atoms. The monoisotopic (exact) mass is 344 g/mol. The van der Waals surface area contributed by atoms with Gasteiger partial charge in [-0.25, -0.2) is 0 Å². The van der Waals surface area contributed by atoms with Crippen molar-refractivity contribution in [3.8, 4) is 5.75 Å². The number of hydrogen-bond donors (Lipinski definition) is 1. The Hall–Kier alpha value is -2.04. The van der Waals surface area contributed by atoms with Crippen LogP contribution in [0.1, 0.15) is 51.9 Å². The predicted octanol–water partition coefficient (Wildman–Crippen LogP) is 3.98. The van der Waals surface area contributed by atoms with Crippen molar-refractivity contribution in [3.63, 3.8) is 0 Å². The van der Waals surface area contributed by atoms with Gasteiger partial charge in [0, 0.05) is 24.6 Å². The Morgan fingerprint density at radius 2 is 2.08 bits per heavy atom. The fourth-order valence-electron chi connectivity index (χ4n) is 4.00. The highest BCUT2D eigenvalue weighted by Crippen LogP contribution is 2.35. The van der Waals surface area contributed by atoms with E-state index in [2.05, 4.69) is 5.32 Å². The number of nitrogens with zero attached hydrogens (tertiary/aromatic N) is 1. The molecule has 1 aromatic carbocycles. The lowest BCUT2D eigenvalue weighted by Gasteiger charge is -2.21. The van der Waals surface area contributed by atoms with Gasteiger partial charge in [0.25, 0.3) is 0 Å². The summed E-state index contributed by atoms with van der Waals surface area (Å²) in [7, 11) is 1.60. The van der Waals surface area contributed by atoms with E-state index in [-0.39, 0.29) is 17.7 Å². The summed E-state index contributed by atoms with van der Waals surface area (Å²) in [5, 5.41) is 3.01. The highest BCUT2D eigenvalue weighted by atomic mass is 16.5. The molecule has 2 fully saturated rings. The van der Waals surface area contributed by atoms with Gasteiger partial charge in [-0.3, -0.25) is 9.59 Å². The van der Waals surface area contributed by atoms with Crippen LogP contribution in [0.5, 0.6) is 5.75 Å². The summed E-state index contributed by atoms with van der Waals surface area (Å²) in [6, 6.07) is 5.50. The van der Waals surface area contributed by atoms with Gasteiger partial charge in [0.2, 0.25) is 11.8 Å². The molecule has 3 rings (SSSR count). The van der Waals surface area contributed by atoms with E-state index >= 15 is 0 Å². The molecule has 1 atom stereocenters. The van der Waals surface area contributed by atoms with Gasteiger partial charge < -0.3 is 15.0 Å². The number of methoxy groups -OCH3 is 1. The van der Waals surface area contributed by atoms with Gasteiger partial charge in [0.1, 0.15) is 5.75 Å². The number of benzene rings is 1. The van der Waals surface area contributed by atoms with Crippen LogP contribution in [0.3, 0.4) is 0 Å². The first kappa shape index (κ1) is 17.8. The molecule has 0 radical (unpaired) electrons. The SMILES string of the molecule is COc1ccc(NC(=O)C(C)CC2CCCC2)cc1N1CCCC1=O. The van der Waals surface area contributed by atoms with Crippen LogP contribution in [0.25, 0.3) is 0 Å². The first-order valence-corrected chi connectivity index (χ1v) is 9.37. The molecular formula is C20H28N2O3. The van der Waals surface area contributed by atoms with Gasteiger partial charge in [-0.05, 0) is 37.0 Å². The van der Waals surface area contributed by atoms with Crippen LogP contribution in [0, 0.1) is 11.8 Å². The second kappa shape index (κ2) is 7.89. The Morgan fingerprint density at radius 1 is 1.32 bits per heavy atom. The van der Waals surface area contributed by atoms with Gasteiger partial charge in [-0.2, -0.15) is 0 Å². The number of anilines is 2. The van der Waals surface area contributed by atoms with Crippen molar-refractivity contribution < 1.29 is 14.3 Å². The van der Waals surface area contributed by atoms with E-state index in [1.165, 1.54) is 25.7 Å². The maximum absolute atomic E-state index is 12.5. The van der Waals surface area contributed by atoms with Gasteiger partial charge in [-0.15, -0.1) is 0 Å². The number of nitrogens with one attached hydrogen (secondary N) is 1. The lowest BCUT2D eigenvalue weighted by atomic mass is 9.94. The van der Waals surface area contributed by atoms with Crippen molar-refractivity contribution in [2.45, 2.75) is 51.9 Å². The van der Waals surface area contributed by atoms with Crippen molar-refractivity contribution in [1.82, 2.24) is 0 Å². The molecule has 1 aromatic rings. The molecule has 2 aliphatic rings. The van der Waals surface area contributed by atoms with Crippen molar-refractivity contribution in [2.75, 3.05) is 23.9 Å². The molecule has 5 heteroatoms. The molecule has 1 aliphatic carbocycles. The Balaban J connectivity index is 1.69. The van der Waals surface area contributed by atoms with Gasteiger partial charge in [-0.1, -0.05) is 32.6 Å². The molecule has 1 saturated heterocycles. The number of carbonyl (C=O) groups is 2. The number of carbonyl (C=O) groups excluding carboxylic acids is 2. The average Bonchev–Trinajstić information content (AvgIpc) is 3.26. The molecule has 136 valence electrons. The minimum absolute atomic E-state index is 0.00192. The summed E-state index contributed by atoms with van der Waals surface area (Å²) in [5.74, 6) is 1.51. The zero-order chi connectivity index (χ0) is 17.8. The van der Waals surface area contributed by atoms with E-state index < -0.39 is 0 Å². The van der Waals surface area contributed by atoms with Crippen molar-refractivity contribution in [1.29, 1.82) is 0 Å². The van der Waals surface area contributed by atoms with E-state index in [0.29, 0.717) is 24.6 Å². The van der Waals surface area contributed by atoms with E-state index in [1.54, 1.807) is 12.0 Å². The highest BCUT2D eigenvalue weighted by Gasteiger charge is 2.26. The van der Waals surface area contributed by atoms with Crippen molar-refractivity contribution in [2.24, 2.45) is 11.8 Å². The molecule has 2 amide bonds. The second-order valence-corrected chi connectivity index (χ2v) is 7.31. The maximum atomic E-state index is 12.5. The van der Waals surface area contributed by atoms with Gasteiger partial charge >= 0.3 is 0 Å². The van der Waals surface area contributed by atoms with Crippen molar-refractivity contribution >= 4 is 23.2 Å². The Labute approximate surface area is 149 Å². The van der Waals surface area contributed by atoms with Crippen LogP contribution in [-0.2, 0) is 9.59 Å². The Morgan fingerprint density at radius 3 is 2.72 bits per heavy atom. The van der Waals surface area contributed by atoms with Crippen LogP contribution in [-0.4, -0.2) is 25.5 Å². The topological polar surface area (TPSA) is 58.6 Å². The normalized spacial score (nSPS) is 19.3. The standard InChI is InChI=1S/C20H28N2O3/c1-14(12-15-6-3-4-7-15)20(24)21-16-9-10-18(25-2)17(13-16)22-11-5-8-19(22)23/h9-10,13-15H,3-8,11-12H2,1-2H3,(H,21,24). The average molecular weight is 344 g/mol. The number of hydrogen-bond acceptors (Lipinski definition) is 3. The first-order chi connectivity index (χ1) is 12.1. The fourth-order valence-corrected chi connectivity index (χ4v) is 4.00. The summed E-state index contributed by atoms with van der Waals surface area (Å²) in [6.45, 7) is 2.70. The molecule has 1 saturated carbocycles. The summed E-state index contributed by atoms with van der Waals surface area (Å²) in [4.78, 5) is 26.3. The molecule has 0 bridgehead atoms. The first-order valence-electron chi connectivity index (χ1n) is 9.37. The summed E-state index contributed by atoms with van der Waals surface area (Å²) >= 11 is 0. The minimum atomic E-state index is 0.00192. The van der Waals surface area contributed by atoms with Crippen LogP contribution in [0.4, 0.5) is 11.4 Å². The van der Waals surface area contributed by atoms with Crippen molar-refractivity contribution in [3.05, 3.63) is 18.2 Å². The third-order valence-corrected chi connectivity index (χ3v) is 5.42. The summed E-state index contributed by atoms with van der Waals surface area (Å²) < 4.78 is 5.40. The van der Waals surface area contributed by atoms with Crippen LogP contribution in [0.2, 0.25) is 0 Å². The summed E-state index contributed by atoms with van der Waals surface area (Å²) in [6.07, 6.45) is 7.48. The molecular weight excluding hydrogens is 316 g/mol. The van der Waals surface area contributed by atoms with Crippen LogP contribution in [0.15, 0.2) is 18.2 Å². The third-order valence-electron chi connectivity index (χ3n) is 5.42. The zero-order valence-corrected chi connectivity index (χ0v) is 15.2. The predicted molar refractivity (Wildman–Crippen MR) is 98.9 cm³/mol. The molecule has 5 nitrogen and oxygen atoms in total. The third kappa shape index (κ3) is 4.14. The Bertz CT molecular complexity index is 638. The molecule has 1 unspecified atom stereocenters. The van der Waals surface area contributed by atoms with E-state index in [9.17, 15) is 9.59 Å². The van der Waals surface area contributed by atoms with Gasteiger partial charge in [0.05, 0.1) is 12.8 Å².